The van der Waals surface area contributed by atoms with E-state index in [0.29, 0.717) is 11.4 Å². The molecule has 4 aliphatic heterocycles. The number of benzene rings is 5. The maximum absolute atomic E-state index is 17.5. The van der Waals surface area contributed by atoms with Gasteiger partial charge < -0.3 is 21.3 Å². The number of amidine groups is 1. The van der Waals surface area contributed by atoms with Crippen molar-refractivity contribution in [3.8, 4) is 0 Å². The molecule has 1 aromatic heterocycles. The lowest BCUT2D eigenvalue weighted by Crippen LogP contribution is -2.38. The van der Waals surface area contributed by atoms with Crippen LogP contribution in [0.5, 0.6) is 0 Å². The smallest absolute Gasteiger partial charge is 0.261 e. The second kappa shape index (κ2) is 12.0. The van der Waals surface area contributed by atoms with E-state index in [1.54, 1.807) is 84.9 Å². The highest BCUT2D eigenvalue weighted by molar-refractivity contribution is 6.52. The number of ketones is 3. The number of nitrogens with one attached hydrogen (secondary N) is 4. The van der Waals surface area contributed by atoms with E-state index in [4.69, 9.17) is 4.99 Å². The monoisotopic (exact) mass is 738 g/mol. The topological polar surface area (TPSA) is 168 Å². The highest BCUT2D eigenvalue weighted by Gasteiger charge is 2.39. The van der Waals surface area contributed by atoms with Crippen molar-refractivity contribution in [3.05, 3.63) is 159 Å². The summed E-state index contributed by atoms with van der Waals surface area (Å²) in [6, 6.07) is 30.7. The zero-order chi connectivity index (χ0) is 38.4. The molecule has 3 amide bonds. The molecule has 6 aromatic rings. The number of amides is 3. The molecule has 0 fully saturated rings. The SMILES string of the molecule is O=C1Nc2ccccc2C(=O)/C1=C1\NC(=Nc2ccccc2)c2cc3/c(=C4\C(=O)Nc5ccccc5C4=O)n(F)/c(=C4/C(=O)Nc5ccccc5C4=O)c3cc21. The molecule has 0 atom stereocenters. The average molecular weight is 739 g/mol. The van der Waals surface area contributed by atoms with Gasteiger partial charge in [0, 0.05) is 38.6 Å². The number of anilines is 3. The summed E-state index contributed by atoms with van der Waals surface area (Å²) in [6.07, 6.45) is 0. The Hall–Kier alpha value is -8.06. The lowest BCUT2D eigenvalue weighted by molar-refractivity contribution is -0.113. The first-order valence-corrected chi connectivity index (χ1v) is 17.3. The predicted octanol–water partition coefficient (Wildman–Crippen LogP) is 4.57. The van der Waals surface area contributed by atoms with Gasteiger partial charge in [-0.15, -0.1) is 0 Å². The second-order valence-electron chi connectivity index (χ2n) is 13.3. The molecule has 0 bridgehead atoms. The molecule has 0 aliphatic carbocycles. The molecule has 4 aliphatic rings. The number of hydrogen-bond acceptors (Lipinski definition) is 7. The predicted molar refractivity (Wildman–Crippen MR) is 205 cm³/mol. The fraction of sp³-hybridized carbons (Fsp3) is 0. The molecule has 0 saturated heterocycles. The molecule has 5 heterocycles. The Kier molecular flexibility index (Phi) is 6.97. The Bertz CT molecular complexity index is 3110. The maximum Gasteiger partial charge on any atom is 0.261 e. The first-order chi connectivity index (χ1) is 27.2. The van der Waals surface area contributed by atoms with Crippen molar-refractivity contribution >= 4 is 91.3 Å². The number of rotatable bonds is 1. The van der Waals surface area contributed by atoms with Gasteiger partial charge >= 0.3 is 0 Å². The standard InChI is InChI=1S/C43H23FN6O6/c44-50-35(32-38(52)22-13-5-8-16-29(22)47-42(32)55)25-18-24-27(19-26(25)36(50)33-39(53)23-14-6-9-17-30(23)48-43(33)56)40(45-20-10-2-1-3-11-20)49-34(24)31-37(51)21-12-4-7-15-28(21)46-41(31)54/h1-19H,(H,45,49)(H,46,54)(H,47,55)(H,48,56)/b34-31+,35-32+,36-33+. The number of carbonyl (C=O) groups is 6. The number of carbonyl (C=O) groups excluding carboxylic acids is 6. The molecule has 4 N–H and O–H groups in total. The summed E-state index contributed by atoms with van der Waals surface area (Å²) >= 11 is 0. The fourth-order valence-electron chi connectivity index (χ4n) is 7.65. The zero-order valence-corrected chi connectivity index (χ0v) is 28.7. The molecule has 10 rings (SSSR count). The summed E-state index contributed by atoms with van der Waals surface area (Å²) in [6.45, 7) is 0. The van der Waals surface area contributed by atoms with Crippen LogP contribution in [0, 0.1) is 0 Å². The van der Waals surface area contributed by atoms with E-state index < -0.39 is 56.9 Å². The first-order valence-electron chi connectivity index (χ1n) is 17.3. The van der Waals surface area contributed by atoms with E-state index in [-0.39, 0.29) is 71.9 Å². The summed E-state index contributed by atoms with van der Waals surface area (Å²) in [5.74, 6) is -4.55. The highest BCUT2D eigenvalue weighted by atomic mass is 19.2. The fourth-order valence-corrected chi connectivity index (χ4v) is 7.65. The summed E-state index contributed by atoms with van der Waals surface area (Å²) in [5, 5.41) is 10.1. The summed E-state index contributed by atoms with van der Waals surface area (Å²) in [5.41, 5.74) is 0.818. The van der Waals surface area contributed by atoms with Gasteiger partial charge in [-0.3, -0.25) is 28.8 Å². The van der Waals surface area contributed by atoms with Crippen LogP contribution in [0.15, 0.2) is 126 Å². The van der Waals surface area contributed by atoms with Gasteiger partial charge in [-0.2, -0.15) is 4.79 Å². The van der Waals surface area contributed by atoms with Crippen molar-refractivity contribution in [2.45, 2.75) is 0 Å². The Morgan fingerprint density at radius 1 is 0.446 bits per heavy atom. The minimum absolute atomic E-state index is 0.0182. The first kappa shape index (κ1) is 32.6. The molecular formula is C43H23FN6O6. The highest BCUT2D eigenvalue weighted by Crippen LogP contribution is 2.37. The third kappa shape index (κ3) is 4.67. The third-order valence-electron chi connectivity index (χ3n) is 10.2. The van der Waals surface area contributed by atoms with Crippen LogP contribution < -0.4 is 32.0 Å². The molecule has 0 radical (unpaired) electrons. The summed E-state index contributed by atoms with van der Waals surface area (Å²) in [4.78, 5) is 88.4. The van der Waals surface area contributed by atoms with E-state index in [1.807, 2.05) is 0 Å². The average Bonchev–Trinajstić information content (AvgIpc) is 3.67. The number of fused-ring (bicyclic) bond motifs is 5. The van der Waals surface area contributed by atoms with Crippen LogP contribution in [-0.4, -0.2) is 45.7 Å². The van der Waals surface area contributed by atoms with Crippen molar-refractivity contribution in [3.63, 3.8) is 0 Å². The molecule has 0 spiro atoms. The van der Waals surface area contributed by atoms with Crippen molar-refractivity contribution in [2.75, 3.05) is 16.0 Å². The normalized spacial score (nSPS) is 19.8. The van der Waals surface area contributed by atoms with E-state index in [2.05, 4.69) is 21.3 Å². The van der Waals surface area contributed by atoms with Crippen molar-refractivity contribution in [1.82, 2.24) is 10.1 Å². The molecule has 0 saturated carbocycles. The lowest BCUT2D eigenvalue weighted by atomic mass is 9.91. The van der Waals surface area contributed by atoms with Gasteiger partial charge in [0.15, 0.2) is 0 Å². The van der Waals surface area contributed by atoms with Gasteiger partial charge in [0.1, 0.15) is 22.6 Å². The minimum atomic E-state index is -0.921. The van der Waals surface area contributed by atoms with Crippen LogP contribution in [0.1, 0.15) is 42.2 Å². The summed E-state index contributed by atoms with van der Waals surface area (Å²) in [7, 11) is 0. The van der Waals surface area contributed by atoms with Gasteiger partial charge in [0.25, 0.3) is 17.7 Å². The van der Waals surface area contributed by atoms with Crippen LogP contribution in [0.3, 0.4) is 0 Å². The molecular weight excluding hydrogens is 716 g/mol. The van der Waals surface area contributed by atoms with Crippen LogP contribution in [-0.2, 0) is 14.4 Å². The van der Waals surface area contributed by atoms with E-state index >= 15 is 4.48 Å². The van der Waals surface area contributed by atoms with Gasteiger partial charge in [-0.25, -0.2) is 4.99 Å². The second-order valence-corrected chi connectivity index (χ2v) is 13.3. The molecule has 5 aromatic carbocycles. The van der Waals surface area contributed by atoms with Crippen LogP contribution >= 0.6 is 0 Å². The molecule has 12 nitrogen and oxygen atoms in total. The molecule has 56 heavy (non-hydrogen) atoms. The summed E-state index contributed by atoms with van der Waals surface area (Å²) < 4.78 is 17.5. The largest absolute Gasteiger partial charge is 0.338 e. The molecule has 13 heteroatoms. The van der Waals surface area contributed by atoms with E-state index in [1.165, 1.54) is 30.3 Å². The Labute approximate surface area is 314 Å². The Morgan fingerprint density at radius 2 is 0.857 bits per heavy atom. The van der Waals surface area contributed by atoms with E-state index in [0.717, 1.165) is 0 Å². The molecule has 268 valence electrons. The molecule has 0 unspecified atom stereocenters. The van der Waals surface area contributed by atoms with Gasteiger partial charge in [-0.05, 0) is 60.7 Å². The number of aliphatic imine (C=N–C) groups is 1. The minimum Gasteiger partial charge on any atom is -0.338 e. The van der Waals surface area contributed by atoms with E-state index in [9.17, 15) is 28.8 Å². The number of nitrogens with zero attached hydrogens (tertiary/aromatic N) is 2. The number of hydrogen-bond donors (Lipinski definition) is 4. The quantitative estimate of drug-likeness (QED) is 0.142. The van der Waals surface area contributed by atoms with Gasteiger partial charge in [0.05, 0.1) is 39.1 Å². The third-order valence-corrected chi connectivity index (χ3v) is 10.2. The number of para-hydroxylation sites is 4. The number of aromatic nitrogens is 1. The lowest BCUT2D eigenvalue weighted by Gasteiger charge is -2.20. The Balaban J connectivity index is 1.36. The van der Waals surface area contributed by atoms with Gasteiger partial charge in [-0.1, -0.05) is 59.1 Å². The van der Waals surface area contributed by atoms with Crippen molar-refractivity contribution < 1.29 is 33.2 Å². The van der Waals surface area contributed by atoms with Crippen LogP contribution in [0.2, 0.25) is 0 Å². The van der Waals surface area contributed by atoms with Crippen LogP contribution in [0.4, 0.5) is 27.2 Å². The number of halogens is 1. The maximum atomic E-state index is 17.5. The van der Waals surface area contributed by atoms with Crippen molar-refractivity contribution in [2.24, 2.45) is 4.99 Å². The Morgan fingerprint density at radius 3 is 1.36 bits per heavy atom. The zero-order valence-electron chi connectivity index (χ0n) is 28.7. The van der Waals surface area contributed by atoms with Crippen molar-refractivity contribution in [1.29, 1.82) is 0 Å². The van der Waals surface area contributed by atoms with Gasteiger partial charge in [0.2, 0.25) is 17.3 Å². The number of Topliss-reactive ketones (excluding diaryl/α,β-unsaturated/α-hetero) is 3. The van der Waals surface area contributed by atoms with Crippen LogP contribution in [0.25, 0.3) is 27.6 Å².